The number of aryl methyl sites for hydroxylation is 3. The highest BCUT2D eigenvalue weighted by molar-refractivity contribution is 5.87. The van der Waals surface area contributed by atoms with E-state index < -0.39 is 0 Å². The fraction of sp³-hybridized carbons (Fsp3) is 0.416. The average molecular weight is 1570 g/mol. The SMILES string of the molecule is Cl.Cl.[C-]#[N+]c1ccc(COc2ccc3c(CCC4CCN(CCn5ccccc5=O)CC4)noc3c2CN(C)C)cc1.[C-]#[N+]c1ccc(COc2ccc3c(CCC4CCN(CCn5ccccc5=O)CC4)noc3c2CN(C)C)cc1.[C-]#[N+]c1ccc(COc2ccc3c(CCC4CCNCC4)noc3c2CN(C)C)cc1. The molecule has 1 N–H and O–H groups in total. The third kappa shape index (κ3) is 24.0. The monoisotopic (exact) mass is 1570 g/mol. The lowest BCUT2D eigenvalue weighted by atomic mass is 9.91. The van der Waals surface area contributed by atoms with Crippen LogP contribution in [0, 0.1) is 37.5 Å². The first-order valence-electron chi connectivity index (χ1n) is 39.0. The summed E-state index contributed by atoms with van der Waals surface area (Å²) in [4.78, 5) is 45.5. The van der Waals surface area contributed by atoms with Crippen molar-refractivity contribution in [1.29, 1.82) is 0 Å². The third-order valence-electron chi connectivity index (χ3n) is 21.5. The van der Waals surface area contributed by atoms with Crippen LogP contribution in [0.15, 0.2) is 181 Å². The van der Waals surface area contributed by atoms with Crippen molar-refractivity contribution in [3.63, 3.8) is 0 Å². The molecule has 14 rings (SSSR count). The number of fused-ring (bicyclic) bond motifs is 3. The van der Waals surface area contributed by atoms with Gasteiger partial charge in [0.05, 0.1) is 53.5 Å². The summed E-state index contributed by atoms with van der Waals surface area (Å²) in [5.41, 5.74) is 13.6. The molecule has 8 heterocycles. The van der Waals surface area contributed by atoms with Gasteiger partial charge in [0.1, 0.15) is 37.1 Å². The van der Waals surface area contributed by atoms with Crippen LogP contribution in [0.4, 0.5) is 17.1 Å². The molecule has 3 aliphatic heterocycles. The zero-order valence-corrected chi connectivity index (χ0v) is 67.6. The van der Waals surface area contributed by atoms with E-state index in [4.69, 9.17) is 47.5 Å². The number of hydrogen-bond acceptors (Lipinski definition) is 17. The van der Waals surface area contributed by atoms with Crippen molar-refractivity contribution in [1.82, 2.24) is 54.4 Å². The molecule has 5 aromatic heterocycles. The number of piperidine rings is 3. The van der Waals surface area contributed by atoms with Gasteiger partial charge in [0.2, 0.25) is 0 Å². The minimum absolute atomic E-state index is 0. The van der Waals surface area contributed by atoms with Crippen LogP contribution in [0.3, 0.4) is 0 Å². The van der Waals surface area contributed by atoms with E-state index in [0.717, 1.165) is 211 Å². The second-order valence-corrected chi connectivity index (χ2v) is 30.4. The van der Waals surface area contributed by atoms with Crippen molar-refractivity contribution in [2.45, 2.75) is 130 Å². The van der Waals surface area contributed by atoms with Crippen molar-refractivity contribution in [2.24, 2.45) is 17.8 Å². The van der Waals surface area contributed by atoms with E-state index >= 15 is 0 Å². The zero-order valence-electron chi connectivity index (χ0n) is 65.9. The Morgan fingerprint density at radius 2 is 0.726 bits per heavy atom. The Hall–Kier alpha value is -10.2. The number of rotatable bonds is 30. The Labute approximate surface area is 675 Å². The van der Waals surface area contributed by atoms with Crippen LogP contribution < -0.4 is 30.6 Å². The van der Waals surface area contributed by atoms with Gasteiger partial charge in [-0.2, -0.15) is 0 Å². The Bertz CT molecular complexity index is 4840. The van der Waals surface area contributed by atoms with Crippen LogP contribution in [0.5, 0.6) is 17.2 Å². The number of hydrogen-bond donors (Lipinski definition) is 1. The van der Waals surface area contributed by atoms with Gasteiger partial charge in [-0.15, -0.1) is 24.8 Å². The molecule has 113 heavy (non-hydrogen) atoms. The van der Waals surface area contributed by atoms with Gasteiger partial charge in [0, 0.05) is 86.5 Å². The first kappa shape index (κ1) is 85.3. The molecule has 0 amide bonds. The first-order valence-corrected chi connectivity index (χ1v) is 39.0. The summed E-state index contributed by atoms with van der Waals surface area (Å²) >= 11 is 0. The summed E-state index contributed by atoms with van der Waals surface area (Å²) in [5, 5.41) is 20.1. The van der Waals surface area contributed by atoms with Crippen LogP contribution in [-0.2, 0) is 71.8 Å². The maximum Gasteiger partial charge on any atom is 0.250 e. The molecule has 6 aromatic carbocycles. The fourth-order valence-corrected chi connectivity index (χ4v) is 15.1. The predicted octanol–water partition coefficient (Wildman–Crippen LogP) is 16.8. The number of ether oxygens (including phenoxy) is 3. The molecule has 0 radical (unpaired) electrons. The fourth-order valence-electron chi connectivity index (χ4n) is 15.1. The molecule has 3 aliphatic rings. The van der Waals surface area contributed by atoms with Crippen LogP contribution in [0.1, 0.15) is 108 Å². The maximum atomic E-state index is 12.0. The van der Waals surface area contributed by atoms with E-state index in [1.54, 1.807) is 33.4 Å². The van der Waals surface area contributed by atoms with Gasteiger partial charge < -0.3 is 66.7 Å². The minimum atomic E-state index is 0. The Balaban J connectivity index is 0.000000180. The molecule has 0 atom stereocenters. The third-order valence-corrected chi connectivity index (χ3v) is 21.5. The Morgan fingerprint density at radius 1 is 0.416 bits per heavy atom. The molecule has 3 saturated heterocycles. The minimum Gasteiger partial charge on any atom is -0.488 e. The van der Waals surface area contributed by atoms with Crippen molar-refractivity contribution < 1.29 is 27.8 Å². The highest BCUT2D eigenvalue weighted by Gasteiger charge is 2.26. The molecular formula is C89H106Cl2N14O8. The topological polar surface area (TPSA) is 191 Å². The van der Waals surface area contributed by atoms with Crippen LogP contribution in [0.2, 0.25) is 0 Å². The van der Waals surface area contributed by atoms with E-state index in [0.29, 0.717) is 68.4 Å². The lowest BCUT2D eigenvalue weighted by Crippen LogP contribution is -2.37. The molecule has 3 fully saturated rings. The maximum absolute atomic E-state index is 12.0. The number of nitrogens with one attached hydrogen (secondary N) is 1. The van der Waals surface area contributed by atoms with E-state index in [2.05, 4.69) is 78.0 Å². The summed E-state index contributed by atoms with van der Waals surface area (Å²) in [5.74, 6) is 4.51. The molecule has 0 aliphatic carbocycles. The van der Waals surface area contributed by atoms with Crippen molar-refractivity contribution in [2.75, 3.05) is 94.6 Å². The second-order valence-electron chi connectivity index (χ2n) is 30.4. The first-order chi connectivity index (χ1) is 54.1. The standard InChI is InChI=1S/2C32H37N5O3.C25H30N4O2.2ClH/c2*1-33-26-10-7-25(8-11-26)23-39-30-14-12-27-29(34-40-32(27)28(30)22-35(2)3)13-9-24-15-18-36(19-16-24)20-21-37-17-5-4-6-31(37)38;1-26-20-7-4-19(5-8-20)17-30-24-11-9-21-23(10-6-18-12-14-27-15-13-18)28-31-25(21)22(24)16-29(2)3;;/h2*4-8,10-12,14,17,24H,9,13,15-16,18-23H2,2-3H3;4-5,7-9,11,18,27H,6,10,12-17H2,2-3H3;2*1H. The molecule has 22 nitrogen and oxygen atoms in total. The van der Waals surface area contributed by atoms with Crippen LogP contribution in [-0.4, -0.2) is 144 Å². The summed E-state index contributed by atoms with van der Waals surface area (Å²) in [6, 6.07) is 45.5. The molecule has 24 heteroatoms. The summed E-state index contributed by atoms with van der Waals surface area (Å²) in [6.07, 6.45) is 17.0. The Kier molecular flexibility index (Phi) is 32.2. The van der Waals surface area contributed by atoms with Crippen LogP contribution >= 0.6 is 24.8 Å². The van der Waals surface area contributed by atoms with Gasteiger partial charge in [0.25, 0.3) is 11.1 Å². The van der Waals surface area contributed by atoms with E-state index in [1.165, 1.54) is 38.5 Å². The second kappa shape index (κ2) is 42.6. The number of pyridine rings is 2. The van der Waals surface area contributed by atoms with E-state index in [9.17, 15) is 9.59 Å². The average Bonchev–Trinajstić information content (AvgIpc) is 1.68. The van der Waals surface area contributed by atoms with Crippen LogP contribution in [0.25, 0.3) is 47.4 Å². The normalized spacial score (nSPS) is 14.4. The van der Waals surface area contributed by atoms with Gasteiger partial charge in [-0.05, 0) is 242 Å². The molecule has 0 bridgehead atoms. The quantitative estimate of drug-likeness (QED) is 0.0418. The smallest absolute Gasteiger partial charge is 0.250 e. The number of aromatic nitrogens is 5. The van der Waals surface area contributed by atoms with Crippen molar-refractivity contribution in [3.05, 3.63) is 263 Å². The van der Waals surface area contributed by atoms with Gasteiger partial charge in [-0.3, -0.25) is 9.59 Å². The summed E-state index contributed by atoms with van der Waals surface area (Å²) in [7, 11) is 12.2. The predicted molar refractivity (Wildman–Crippen MR) is 450 cm³/mol. The number of benzene rings is 6. The van der Waals surface area contributed by atoms with Gasteiger partial charge in [-0.25, -0.2) is 14.5 Å². The summed E-state index contributed by atoms with van der Waals surface area (Å²) in [6.45, 7) is 34.5. The number of halogens is 2. The largest absolute Gasteiger partial charge is 0.488 e. The molecular weight excluding hydrogens is 1460 g/mol. The Morgan fingerprint density at radius 3 is 1.02 bits per heavy atom. The van der Waals surface area contributed by atoms with Gasteiger partial charge in [-0.1, -0.05) is 100 Å². The summed E-state index contributed by atoms with van der Waals surface area (Å²) < 4.78 is 39.9. The lowest BCUT2D eigenvalue weighted by molar-refractivity contribution is 0.173. The van der Waals surface area contributed by atoms with E-state index in [1.807, 2.05) is 158 Å². The molecule has 0 spiro atoms. The molecule has 11 aromatic rings. The number of likely N-dealkylation sites (tertiary alicyclic amines) is 2. The van der Waals surface area contributed by atoms with Crippen molar-refractivity contribution >= 4 is 74.8 Å². The van der Waals surface area contributed by atoms with Gasteiger partial charge >= 0.3 is 0 Å². The van der Waals surface area contributed by atoms with Gasteiger partial charge in [0.15, 0.2) is 33.8 Å². The molecule has 594 valence electrons. The highest BCUT2D eigenvalue weighted by Crippen LogP contribution is 2.37. The molecule has 0 unspecified atom stereocenters. The van der Waals surface area contributed by atoms with E-state index in [-0.39, 0.29) is 35.9 Å². The highest BCUT2D eigenvalue weighted by atomic mass is 35.5. The van der Waals surface area contributed by atoms with Crippen molar-refractivity contribution in [3.8, 4) is 17.2 Å². The molecule has 0 saturated carbocycles. The zero-order chi connectivity index (χ0) is 77.4. The number of nitrogens with zero attached hydrogens (tertiary/aromatic N) is 13. The lowest BCUT2D eigenvalue weighted by Gasteiger charge is -2.32.